The van der Waals surface area contributed by atoms with Gasteiger partial charge in [-0.25, -0.2) is 0 Å². The molecule has 0 saturated carbocycles. The molecule has 1 heterocycles. The number of para-hydroxylation sites is 2. The first-order chi connectivity index (χ1) is 13.1. The van der Waals surface area contributed by atoms with Gasteiger partial charge in [-0.2, -0.15) is 0 Å². The van der Waals surface area contributed by atoms with E-state index in [-0.39, 0.29) is 6.61 Å². The first-order valence-electron chi connectivity index (χ1n) is 9.39. The van der Waals surface area contributed by atoms with E-state index >= 15 is 0 Å². The maximum atomic E-state index is 10.5. The normalized spacial score (nSPS) is 12.4. The van der Waals surface area contributed by atoms with Crippen LogP contribution in [0.5, 0.6) is 5.75 Å². The Bertz CT molecular complexity index is 931. The van der Waals surface area contributed by atoms with Crippen LogP contribution in [0.2, 0.25) is 5.02 Å². The van der Waals surface area contributed by atoms with Gasteiger partial charge in [0.1, 0.15) is 18.5 Å². The average molecular weight is 388 g/mol. The fraction of sp³-hybridized carbons (Fsp3) is 0.381. The lowest BCUT2D eigenvalue weighted by molar-refractivity contribution is 0.0921. The van der Waals surface area contributed by atoms with Crippen molar-refractivity contribution in [2.75, 3.05) is 6.61 Å². The topological polar surface area (TPSA) is 63.2 Å². The van der Waals surface area contributed by atoms with E-state index in [2.05, 4.69) is 6.92 Å². The van der Waals surface area contributed by atoms with Crippen molar-refractivity contribution in [2.24, 2.45) is 0 Å². The zero-order chi connectivity index (χ0) is 19.2. The smallest absolute Gasteiger partial charge is 0.203 e. The number of aliphatic hydroxyl groups excluding tert-OH is 1. The molecule has 2 N–H and O–H groups in total. The average Bonchev–Trinajstić information content (AvgIpc) is 2.94. The molecule has 0 fully saturated rings. The second-order valence-corrected chi connectivity index (χ2v) is 7.14. The molecule has 0 saturated heterocycles. The van der Waals surface area contributed by atoms with Crippen molar-refractivity contribution in [1.29, 1.82) is 5.41 Å². The van der Waals surface area contributed by atoms with Crippen LogP contribution in [0.3, 0.4) is 0 Å². The van der Waals surface area contributed by atoms with Crippen LogP contribution in [0.15, 0.2) is 48.5 Å². The molecule has 0 aliphatic rings. The summed E-state index contributed by atoms with van der Waals surface area (Å²) in [5.41, 5.74) is 2.41. The summed E-state index contributed by atoms with van der Waals surface area (Å²) in [6.07, 6.45) is 2.62. The molecule has 0 aliphatic carbocycles. The maximum Gasteiger partial charge on any atom is 0.203 e. The molecule has 3 aromatic rings. The fourth-order valence-electron chi connectivity index (χ4n) is 3.21. The Morgan fingerprint density at radius 1 is 1.04 bits per heavy atom. The maximum absolute atomic E-state index is 10.5. The zero-order valence-corrected chi connectivity index (χ0v) is 16.3. The number of imidazole rings is 1. The quantitative estimate of drug-likeness (QED) is 0.540. The van der Waals surface area contributed by atoms with E-state index < -0.39 is 6.10 Å². The van der Waals surface area contributed by atoms with Crippen LogP contribution in [-0.2, 0) is 13.1 Å². The number of hydrogen-bond acceptors (Lipinski definition) is 3. The molecule has 5 nitrogen and oxygen atoms in total. The minimum atomic E-state index is -0.718. The van der Waals surface area contributed by atoms with E-state index in [9.17, 15) is 5.11 Å². The van der Waals surface area contributed by atoms with Crippen molar-refractivity contribution in [3.8, 4) is 5.75 Å². The van der Waals surface area contributed by atoms with Crippen molar-refractivity contribution >= 4 is 22.6 Å². The number of hydrogen-bond donors (Lipinski definition) is 2. The second kappa shape index (κ2) is 9.11. The van der Waals surface area contributed by atoms with Crippen LogP contribution < -0.4 is 10.4 Å². The summed E-state index contributed by atoms with van der Waals surface area (Å²) in [5, 5.41) is 19.7. The van der Waals surface area contributed by atoms with Crippen molar-refractivity contribution < 1.29 is 9.84 Å². The number of fused-ring (bicyclic) bond motifs is 1. The predicted octanol–water partition coefficient (Wildman–Crippen LogP) is 4.21. The molecule has 0 radical (unpaired) electrons. The molecule has 0 amide bonds. The first-order valence-corrected chi connectivity index (χ1v) is 9.77. The summed E-state index contributed by atoms with van der Waals surface area (Å²) >= 11 is 5.87. The summed E-state index contributed by atoms with van der Waals surface area (Å²) in [4.78, 5) is 0. The fourth-order valence-corrected chi connectivity index (χ4v) is 3.34. The monoisotopic (exact) mass is 387 g/mol. The van der Waals surface area contributed by atoms with Gasteiger partial charge < -0.3 is 19.0 Å². The highest BCUT2D eigenvalue weighted by Gasteiger charge is 2.14. The predicted molar refractivity (Wildman–Crippen MR) is 108 cm³/mol. The van der Waals surface area contributed by atoms with Crippen molar-refractivity contribution in [3.63, 3.8) is 0 Å². The van der Waals surface area contributed by atoms with E-state index in [1.54, 1.807) is 24.3 Å². The number of ether oxygens (including phenoxy) is 1. The molecule has 3 rings (SSSR count). The van der Waals surface area contributed by atoms with Gasteiger partial charge >= 0.3 is 0 Å². The van der Waals surface area contributed by atoms with Crippen LogP contribution in [0.25, 0.3) is 11.0 Å². The number of nitrogens with one attached hydrogen (secondary N) is 1. The standard InChI is InChI=1S/C21H26ClN3O2/c1-2-3-6-13-24-19-7-4-5-8-20(19)25(21(24)23)14-17(26)15-27-18-11-9-16(22)10-12-18/h4-5,7-12,17,23,26H,2-3,6,13-15H2,1H3. The molecule has 144 valence electrons. The molecule has 6 heteroatoms. The Morgan fingerprint density at radius 2 is 1.70 bits per heavy atom. The molecule has 1 aromatic heterocycles. The van der Waals surface area contributed by atoms with Gasteiger partial charge in [-0.05, 0) is 42.8 Å². The van der Waals surface area contributed by atoms with Crippen molar-refractivity contribution in [1.82, 2.24) is 9.13 Å². The van der Waals surface area contributed by atoms with Gasteiger partial charge in [-0.3, -0.25) is 5.41 Å². The van der Waals surface area contributed by atoms with Gasteiger partial charge in [0.2, 0.25) is 5.62 Å². The van der Waals surface area contributed by atoms with Gasteiger partial charge in [0.15, 0.2) is 0 Å². The van der Waals surface area contributed by atoms with E-state index in [0.717, 1.165) is 36.8 Å². The molecule has 2 aromatic carbocycles. The number of aromatic nitrogens is 2. The summed E-state index contributed by atoms with van der Waals surface area (Å²) in [6.45, 7) is 3.46. The zero-order valence-electron chi connectivity index (χ0n) is 15.6. The second-order valence-electron chi connectivity index (χ2n) is 6.70. The van der Waals surface area contributed by atoms with Crippen LogP contribution in [0.1, 0.15) is 26.2 Å². The van der Waals surface area contributed by atoms with Crippen LogP contribution in [-0.4, -0.2) is 27.0 Å². The van der Waals surface area contributed by atoms with Crippen molar-refractivity contribution in [3.05, 3.63) is 59.2 Å². The Kier molecular flexibility index (Phi) is 6.58. The highest BCUT2D eigenvalue weighted by atomic mass is 35.5. The molecule has 0 spiro atoms. The van der Waals surface area contributed by atoms with Gasteiger partial charge in [0, 0.05) is 11.6 Å². The molecule has 0 aliphatic heterocycles. The summed E-state index contributed by atoms with van der Waals surface area (Å²) in [6, 6.07) is 15.0. The van der Waals surface area contributed by atoms with Gasteiger partial charge in [-0.1, -0.05) is 43.5 Å². The van der Waals surface area contributed by atoms with Crippen LogP contribution in [0, 0.1) is 5.41 Å². The SMILES string of the molecule is CCCCCn1c(=N)n(CC(O)COc2ccc(Cl)cc2)c2ccccc21. The lowest BCUT2D eigenvalue weighted by Gasteiger charge is -2.14. The minimum Gasteiger partial charge on any atom is -0.491 e. The highest BCUT2D eigenvalue weighted by molar-refractivity contribution is 6.30. The summed E-state index contributed by atoms with van der Waals surface area (Å²) < 4.78 is 9.53. The number of unbranched alkanes of at least 4 members (excludes halogenated alkanes) is 2. The molecule has 1 unspecified atom stereocenters. The molecule has 1 atom stereocenters. The molecular formula is C21H26ClN3O2. The van der Waals surface area contributed by atoms with Crippen LogP contribution >= 0.6 is 11.6 Å². The molecule has 27 heavy (non-hydrogen) atoms. The van der Waals surface area contributed by atoms with Gasteiger partial charge in [0.25, 0.3) is 0 Å². The number of aryl methyl sites for hydroxylation is 1. The third-order valence-corrected chi connectivity index (χ3v) is 4.86. The minimum absolute atomic E-state index is 0.156. The third-order valence-electron chi connectivity index (χ3n) is 4.61. The first kappa shape index (κ1) is 19.5. The van der Waals surface area contributed by atoms with E-state index in [4.69, 9.17) is 21.7 Å². The van der Waals surface area contributed by atoms with Gasteiger partial charge in [0.05, 0.1) is 17.6 Å². The number of halogens is 1. The number of aliphatic hydroxyl groups is 1. The Hall–Kier alpha value is -2.24. The molecule has 0 bridgehead atoms. The summed E-state index contributed by atoms with van der Waals surface area (Å²) in [5.74, 6) is 0.663. The van der Waals surface area contributed by atoms with E-state index in [0.29, 0.717) is 22.9 Å². The van der Waals surface area contributed by atoms with Crippen LogP contribution in [0.4, 0.5) is 0 Å². The number of nitrogens with zero attached hydrogens (tertiary/aromatic N) is 2. The van der Waals surface area contributed by atoms with Crippen molar-refractivity contribution in [2.45, 2.75) is 45.4 Å². The highest BCUT2D eigenvalue weighted by Crippen LogP contribution is 2.17. The third kappa shape index (κ3) is 4.73. The number of rotatable bonds is 9. The number of benzene rings is 2. The largest absolute Gasteiger partial charge is 0.491 e. The van der Waals surface area contributed by atoms with E-state index in [1.165, 1.54) is 0 Å². The Balaban J connectivity index is 1.74. The molecular weight excluding hydrogens is 362 g/mol. The van der Waals surface area contributed by atoms with Gasteiger partial charge in [-0.15, -0.1) is 0 Å². The van der Waals surface area contributed by atoms with E-state index in [1.807, 2.05) is 33.4 Å². The summed E-state index contributed by atoms with van der Waals surface area (Å²) in [7, 11) is 0. The lowest BCUT2D eigenvalue weighted by Crippen LogP contribution is -2.31. The Labute approximate surface area is 164 Å². The Morgan fingerprint density at radius 3 is 2.37 bits per heavy atom. The lowest BCUT2D eigenvalue weighted by atomic mass is 10.2.